The molecule has 2 nitrogen and oxygen atoms in total. The third-order valence-electron chi connectivity index (χ3n) is 1.53. The van der Waals surface area contributed by atoms with Crippen LogP contribution in [0.4, 0.5) is 4.39 Å². The summed E-state index contributed by atoms with van der Waals surface area (Å²) < 4.78 is 12.9. The Morgan fingerprint density at radius 3 is 3.18 bits per heavy atom. The van der Waals surface area contributed by atoms with E-state index in [2.05, 4.69) is 10.2 Å². The summed E-state index contributed by atoms with van der Waals surface area (Å²) in [5.74, 6) is -0.339. The number of hydrogen-bond acceptors (Lipinski definition) is 1. The van der Waals surface area contributed by atoms with E-state index in [1.54, 1.807) is 6.07 Å². The molecule has 0 aliphatic heterocycles. The lowest BCUT2D eigenvalue weighted by Gasteiger charge is -1.93. The van der Waals surface area contributed by atoms with E-state index in [9.17, 15) is 4.39 Å². The Bertz CT molecular complexity index is 401. The Kier molecular flexibility index (Phi) is 1.21. The molecule has 0 saturated carbocycles. The second kappa shape index (κ2) is 2.08. The second-order valence-electron chi connectivity index (χ2n) is 2.33. The van der Waals surface area contributed by atoms with Crippen molar-refractivity contribution in [3.8, 4) is 0 Å². The molecule has 11 heavy (non-hydrogen) atoms. The van der Waals surface area contributed by atoms with Crippen LogP contribution in [0.2, 0.25) is 0 Å². The third kappa shape index (κ3) is 0.907. The fourth-order valence-corrected chi connectivity index (χ4v) is 1.03. The van der Waals surface area contributed by atoms with Gasteiger partial charge in [-0.1, -0.05) is 5.46 Å². The quantitative estimate of drug-likeness (QED) is 0.548. The van der Waals surface area contributed by atoms with E-state index >= 15 is 0 Å². The SMILES string of the molecule is [B]c1cc(F)c2cn[nH]c2c1.[HH]. The zero-order chi connectivity index (χ0) is 7.84. The fraction of sp³-hybridized carbons (Fsp3) is 0. The molecule has 0 aliphatic carbocycles. The molecule has 2 rings (SSSR count). The van der Waals surface area contributed by atoms with Crippen LogP contribution in [-0.4, -0.2) is 18.0 Å². The summed E-state index contributed by atoms with van der Waals surface area (Å²) in [7, 11) is 5.40. The first kappa shape index (κ1) is 6.40. The number of rotatable bonds is 0. The molecule has 0 bridgehead atoms. The Morgan fingerprint density at radius 2 is 2.36 bits per heavy atom. The number of aromatic amines is 1. The van der Waals surface area contributed by atoms with E-state index in [4.69, 9.17) is 7.85 Å². The molecule has 2 radical (unpaired) electrons. The van der Waals surface area contributed by atoms with Gasteiger partial charge >= 0.3 is 0 Å². The highest BCUT2D eigenvalue weighted by atomic mass is 19.1. The lowest BCUT2D eigenvalue weighted by Crippen LogP contribution is -2.01. The minimum absolute atomic E-state index is 0. The summed E-state index contributed by atoms with van der Waals surface area (Å²) in [5.41, 5.74) is 1.03. The minimum Gasteiger partial charge on any atom is -0.278 e. The predicted molar refractivity (Wildman–Crippen MR) is 43.6 cm³/mol. The Labute approximate surface area is 65.3 Å². The maximum Gasteiger partial charge on any atom is 0.133 e. The van der Waals surface area contributed by atoms with E-state index in [1.807, 2.05) is 0 Å². The zero-order valence-corrected chi connectivity index (χ0v) is 5.63. The standard InChI is InChI=1S/C7H4BFN2.H2/c8-4-1-6(9)5-3-10-11-7(5)2-4;/h1-3H,(H,10,11);1H. The average Bonchev–Trinajstić information content (AvgIpc) is 2.34. The molecule has 0 spiro atoms. The van der Waals surface area contributed by atoms with Crippen molar-refractivity contribution in [1.29, 1.82) is 0 Å². The van der Waals surface area contributed by atoms with Crippen molar-refractivity contribution >= 4 is 24.2 Å². The number of nitrogens with one attached hydrogen (secondary N) is 1. The number of benzene rings is 1. The Balaban J connectivity index is 0.000000720. The lowest BCUT2D eigenvalue weighted by atomic mass is 9.95. The second-order valence-corrected chi connectivity index (χ2v) is 2.33. The van der Waals surface area contributed by atoms with Crippen molar-refractivity contribution in [1.82, 2.24) is 10.2 Å². The predicted octanol–water partition coefficient (Wildman–Crippen LogP) is 0.742. The van der Waals surface area contributed by atoms with Gasteiger partial charge in [0.15, 0.2) is 0 Å². The summed E-state index contributed by atoms with van der Waals surface area (Å²) in [6.07, 6.45) is 1.43. The van der Waals surface area contributed by atoms with Gasteiger partial charge in [-0.05, 0) is 12.1 Å². The highest BCUT2D eigenvalue weighted by Crippen LogP contribution is 2.11. The highest BCUT2D eigenvalue weighted by molar-refractivity contribution is 6.33. The maximum atomic E-state index is 12.9. The number of nitrogens with zero attached hydrogens (tertiary/aromatic N) is 1. The monoisotopic (exact) mass is 148 g/mol. The fourth-order valence-electron chi connectivity index (χ4n) is 1.03. The third-order valence-corrected chi connectivity index (χ3v) is 1.53. The van der Waals surface area contributed by atoms with Crippen LogP contribution in [0.1, 0.15) is 1.43 Å². The van der Waals surface area contributed by atoms with E-state index in [-0.39, 0.29) is 7.24 Å². The minimum atomic E-state index is -0.339. The molecule has 1 aromatic heterocycles. The Hall–Kier alpha value is -1.32. The molecule has 0 unspecified atom stereocenters. The molecular weight excluding hydrogens is 142 g/mol. The molecule has 2 aromatic rings. The van der Waals surface area contributed by atoms with E-state index in [0.717, 1.165) is 0 Å². The number of H-pyrrole nitrogens is 1. The number of hydrogen-bond donors (Lipinski definition) is 1. The molecule has 0 aliphatic rings. The van der Waals surface area contributed by atoms with E-state index in [0.29, 0.717) is 16.4 Å². The molecule has 0 fully saturated rings. The highest BCUT2D eigenvalue weighted by Gasteiger charge is 2.01. The van der Waals surface area contributed by atoms with Gasteiger partial charge < -0.3 is 0 Å². The molecule has 1 N–H and O–H groups in total. The maximum absolute atomic E-state index is 12.9. The lowest BCUT2D eigenvalue weighted by molar-refractivity contribution is 0.641. The smallest absolute Gasteiger partial charge is 0.133 e. The Morgan fingerprint density at radius 1 is 1.55 bits per heavy atom. The molecular formula is C7H6BFN2. The van der Waals surface area contributed by atoms with Gasteiger partial charge in [-0.2, -0.15) is 5.10 Å². The molecule has 0 atom stereocenters. The molecule has 0 saturated heterocycles. The van der Waals surface area contributed by atoms with Crippen LogP contribution in [0.3, 0.4) is 0 Å². The van der Waals surface area contributed by atoms with Crippen LogP contribution in [0.25, 0.3) is 10.9 Å². The van der Waals surface area contributed by atoms with Crippen LogP contribution in [0, 0.1) is 5.82 Å². The normalized spacial score (nSPS) is 10.6. The van der Waals surface area contributed by atoms with Crippen LogP contribution in [0.5, 0.6) is 0 Å². The first-order valence-corrected chi connectivity index (χ1v) is 3.15. The molecule has 54 valence electrons. The number of halogens is 1. The van der Waals surface area contributed by atoms with Crippen molar-refractivity contribution in [2.75, 3.05) is 0 Å². The van der Waals surface area contributed by atoms with Crippen molar-refractivity contribution in [3.05, 3.63) is 24.1 Å². The molecule has 0 amide bonds. The van der Waals surface area contributed by atoms with Crippen molar-refractivity contribution in [2.45, 2.75) is 0 Å². The van der Waals surface area contributed by atoms with Crippen LogP contribution in [0.15, 0.2) is 18.3 Å². The summed E-state index contributed by atoms with van der Waals surface area (Å²) in [4.78, 5) is 0. The summed E-state index contributed by atoms with van der Waals surface area (Å²) >= 11 is 0. The van der Waals surface area contributed by atoms with Gasteiger partial charge in [-0.25, -0.2) is 4.39 Å². The van der Waals surface area contributed by atoms with E-state index in [1.165, 1.54) is 12.3 Å². The van der Waals surface area contributed by atoms with Crippen LogP contribution >= 0.6 is 0 Å². The van der Waals surface area contributed by atoms with Crippen molar-refractivity contribution < 1.29 is 5.82 Å². The summed E-state index contributed by atoms with van der Waals surface area (Å²) in [6, 6.07) is 2.92. The van der Waals surface area contributed by atoms with E-state index < -0.39 is 0 Å². The van der Waals surface area contributed by atoms with Gasteiger partial charge in [0.25, 0.3) is 0 Å². The van der Waals surface area contributed by atoms with Crippen LogP contribution < -0.4 is 5.46 Å². The first-order valence-electron chi connectivity index (χ1n) is 3.15. The van der Waals surface area contributed by atoms with Gasteiger partial charge in [-0.3, -0.25) is 5.10 Å². The van der Waals surface area contributed by atoms with Gasteiger partial charge in [0.2, 0.25) is 0 Å². The topological polar surface area (TPSA) is 28.7 Å². The largest absolute Gasteiger partial charge is 0.278 e. The summed E-state index contributed by atoms with van der Waals surface area (Å²) in [6.45, 7) is 0. The molecule has 1 aromatic carbocycles. The summed E-state index contributed by atoms with van der Waals surface area (Å²) in [5, 5.41) is 6.79. The van der Waals surface area contributed by atoms with Gasteiger partial charge in [0.05, 0.1) is 17.1 Å². The first-order chi connectivity index (χ1) is 5.27. The van der Waals surface area contributed by atoms with Crippen LogP contribution in [-0.2, 0) is 0 Å². The molecule has 4 heteroatoms. The molecule has 1 heterocycles. The number of fused-ring (bicyclic) bond motifs is 1. The van der Waals surface area contributed by atoms with Gasteiger partial charge in [0.1, 0.15) is 13.7 Å². The average molecular weight is 148 g/mol. The zero-order valence-electron chi connectivity index (χ0n) is 5.63. The number of aromatic nitrogens is 2. The van der Waals surface area contributed by atoms with Gasteiger partial charge in [-0.15, -0.1) is 0 Å². The van der Waals surface area contributed by atoms with Gasteiger partial charge in [0, 0.05) is 1.43 Å². The van der Waals surface area contributed by atoms with Crippen molar-refractivity contribution in [3.63, 3.8) is 0 Å². The van der Waals surface area contributed by atoms with Crippen molar-refractivity contribution in [2.24, 2.45) is 0 Å².